The van der Waals surface area contributed by atoms with Crippen LogP contribution in [-0.4, -0.2) is 41.8 Å². The van der Waals surface area contributed by atoms with Crippen molar-refractivity contribution in [3.63, 3.8) is 0 Å². The average molecular weight is 175 g/mol. The maximum atomic E-state index is 8.92. The van der Waals surface area contributed by atoms with E-state index < -0.39 is 6.23 Å². The van der Waals surface area contributed by atoms with Crippen molar-refractivity contribution >= 4 is 0 Å². The summed E-state index contributed by atoms with van der Waals surface area (Å²) in [5.74, 6) is 0. The summed E-state index contributed by atoms with van der Waals surface area (Å²) in [4.78, 5) is 0. The minimum atomic E-state index is -0.484. The van der Waals surface area contributed by atoms with E-state index in [-0.39, 0.29) is 18.8 Å². The summed E-state index contributed by atoms with van der Waals surface area (Å²) in [5.41, 5.74) is 0. The molecule has 0 bridgehead atoms. The smallest absolute Gasteiger partial charge is 0.102 e. The van der Waals surface area contributed by atoms with Gasteiger partial charge in [-0.1, -0.05) is 0 Å². The molecule has 0 saturated carbocycles. The van der Waals surface area contributed by atoms with Gasteiger partial charge < -0.3 is 14.9 Å². The zero-order valence-electron chi connectivity index (χ0n) is 7.36. The van der Waals surface area contributed by atoms with Crippen LogP contribution in [0.1, 0.15) is 19.8 Å². The molecule has 0 aromatic heterocycles. The molecular formula is C8H17NO3. The largest absolute Gasteiger partial charge is 0.394 e. The van der Waals surface area contributed by atoms with E-state index in [1.165, 1.54) is 0 Å². The van der Waals surface area contributed by atoms with Crippen LogP contribution in [0.4, 0.5) is 0 Å². The maximum Gasteiger partial charge on any atom is 0.102 e. The molecule has 1 saturated heterocycles. The van der Waals surface area contributed by atoms with Gasteiger partial charge in [0, 0.05) is 6.54 Å². The van der Waals surface area contributed by atoms with E-state index in [1.807, 2.05) is 0 Å². The van der Waals surface area contributed by atoms with Crippen LogP contribution in [-0.2, 0) is 4.74 Å². The second-order valence-corrected chi connectivity index (χ2v) is 3.22. The van der Waals surface area contributed by atoms with Gasteiger partial charge in [0.15, 0.2) is 0 Å². The number of nitrogens with one attached hydrogen (secondary N) is 1. The minimum Gasteiger partial charge on any atom is -0.394 e. The number of aliphatic hydroxyl groups is 2. The monoisotopic (exact) mass is 175 g/mol. The lowest BCUT2D eigenvalue weighted by Crippen LogP contribution is -2.33. The molecule has 12 heavy (non-hydrogen) atoms. The minimum absolute atomic E-state index is 0.00537. The lowest BCUT2D eigenvalue weighted by atomic mass is 10.2. The molecule has 4 nitrogen and oxygen atoms in total. The summed E-state index contributed by atoms with van der Waals surface area (Å²) in [5, 5.41) is 20.6. The Bertz CT molecular complexity index is 129. The van der Waals surface area contributed by atoms with Crippen molar-refractivity contribution in [2.24, 2.45) is 0 Å². The predicted molar refractivity (Wildman–Crippen MR) is 44.7 cm³/mol. The Morgan fingerprint density at radius 3 is 2.67 bits per heavy atom. The fourth-order valence-corrected chi connectivity index (χ4v) is 1.37. The van der Waals surface area contributed by atoms with E-state index in [4.69, 9.17) is 14.9 Å². The van der Waals surface area contributed by atoms with Crippen molar-refractivity contribution < 1.29 is 14.9 Å². The molecule has 4 heteroatoms. The van der Waals surface area contributed by atoms with Crippen LogP contribution in [0.3, 0.4) is 0 Å². The molecule has 1 aliphatic rings. The topological polar surface area (TPSA) is 61.7 Å². The SMILES string of the molecule is CC(O)NCC1CCC(CO)O1. The Hall–Kier alpha value is -0.160. The Morgan fingerprint density at radius 1 is 1.50 bits per heavy atom. The zero-order chi connectivity index (χ0) is 8.97. The fourth-order valence-electron chi connectivity index (χ4n) is 1.37. The maximum absolute atomic E-state index is 8.92. The van der Waals surface area contributed by atoms with Gasteiger partial charge in [-0.15, -0.1) is 0 Å². The quantitative estimate of drug-likeness (QED) is 0.502. The van der Waals surface area contributed by atoms with E-state index in [0.717, 1.165) is 12.8 Å². The Kier molecular flexibility index (Phi) is 3.94. The lowest BCUT2D eigenvalue weighted by molar-refractivity contribution is 0.00617. The fraction of sp³-hybridized carbons (Fsp3) is 1.00. The van der Waals surface area contributed by atoms with Crippen molar-refractivity contribution in [1.82, 2.24) is 5.32 Å². The van der Waals surface area contributed by atoms with Crippen LogP contribution in [0.25, 0.3) is 0 Å². The van der Waals surface area contributed by atoms with Crippen molar-refractivity contribution in [3.05, 3.63) is 0 Å². The van der Waals surface area contributed by atoms with E-state index >= 15 is 0 Å². The van der Waals surface area contributed by atoms with Crippen LogP contribution in [0.2, 0.25) is 0 Å². The van der Waals surface area contributed by atoms with E-state index in [2.05, 4.69) is 5.32 Å². The van der Waals surface area contributed by atoms with Crippen LogP contribution in [0.5, 0.6) is 0 Å². The van der Waals surface area contributed by atoms with Gasteiger partial charge in [0.25, 0.3) is 0 Å². The summed E-state index contributed by atoms with van der Waals surface area (Å²) in [6, 6.07) is 0. The van der Waals surface area contributed by atoms with Crippen LogP contribution >= 0.6 is 0 Å². The zero-order valence-corrected chi connectivity index (χ0v) is 7.36. The molecule has 0 radical (unpaired) electrons. The molecule has 3 N–H and O–H groups in total. The Morgan fingerprint density at radius 2 is 2.17 bits per heavy atom. The molecule has 1 fully saturated rings. The molecule has 3 atom stereocenters. The first-order valence-corrected chi connectivity index (χ1v) is 4.40. The highest BCUT2D eigenvalue weighted by atomic mass is 16.5. The van der Waals surface area contributed by atoms with Gasteiger partial charge in [0.1, 0.15) is 6.23 Å². The first kappa shape index (κ1) is 9.92. The van der Waals surface area contributed by atoms with Gasteiger partial charge >= 0.3 is 0 Å². The standard InChI is InChI=1S/C8H17NO3/c1-6(11)9-4-7-2-3-8(5-10)12-7/h6-11H,2-5H2,1H3. The molecule has 0 amide bonds. The number of hydrogen-bond acceptors (Lipinski definition) is 4. The first-order chi connectivity index (χ1) is 5.72. The Balaban J connectivity index is 2.11. The Labute approximate surface area is 72.5 Å². The molecule has 72 valence electrons. The number of aliphatic hydroxyl groups excluding tert-OH is 2. The second kappa shape index (κ2) is 4.77. The molecule has 1 aliphatic heterocycles. The van der Waals surface area contributed by atoms with Gasteiger partial charge in [-0.05, 0) is 19.8 Å². The van der Waals surface area contributed by atoms with Crippen LogP contribution in [0, 0.1) is 0 Å². The number of ether oxygens (including phenoxy) is 1. The van der Waals surface area contributed by atoms with Gasteiger partial charge in [0.05, 0.1) is 18.8 Å². The molecule has 0 aromatic carbocycles. The third-order valence-corrected chi connectivity index (χ3v) is 2.04. The van der Waals surface area contributed by atoms with E-state index in [1.54, 1.807) is 6.92 Å². The third-order valence-electron chi connectivity index (χ3n) is 2.04. The summed E-state index contributed by atoms with van der Waals surface area (Å²) < 4.78 is 5.44. The normalized spacial score (nSPS) is 32.2. The highest BCUT2D eigenvalue weighted by Crippen LogP contribution is 2.18. The number of hydrogen-bond donors (Lipinski definition) is 3. The number of rotatable bonds is 4. The lowest BCUT2D eigenvalue weighted by Gasteiger charge is -2.14. The summed E-state index contributed by atoms with van der Waals surface area (Å²) >= 11 is 0. The first-order valence-electron chi connectivity index (χ1n) is 4.40. The third kappa shape index (κ3) is 3.06. The van der Waals surface area contributed by atoms with E-state index in [0.29, 0.717) is 6.54 Å². The summed E-state index contributed by atoms with van der Waals surface area (Å²) in [6.45, 7) is 2.44. The summed E-state index contributed by atoms with van der Waals surface area (Å²) in [7, 11) is 0. The average Bonchev–Trinajstić information content (AvgIpc) is 2.48. The van der Waals surface area contributed by atoms with Crippen LogP contribution in [0.15, 0.2) is 0 Å². The molecule has 0 spiro atoms. The van der Waals surface area contributed by atoms with Crippen molar-refractivity contribution in [3.8, 4) is 0 Å². The highest BCUT2D eigenvalue weighted by Gasteiger charge is 2.24. The van der Waals surface area contributed by atoms with Gasteiger partial charge in [-0.2, -0.15) is 0 Å². The molecule has 0 aliphatic carbocycles. The second-order valence-electron chi connectivity index (χ2n) is 3.22. The molecular weight excluding hydrogens is 158 g/mol. The van der Waals surface area contributed by atoms with Crippen molar-refractivity contribution in [2.45, 2.75) is 38.2 Å². The molecule has 0 aromatic rings. The molecule has 3 unspecified atom stereocenters. The van der Waals surface area contributed by atoms with Crippen molar-refractivity contribution in [1.29, 1.82) is 0 Å². The van der Waals surface area contributed by atoms with Crippen molar-refractivity contribution in [2.75, 3.05) is 13.2 Å². The van der Waals surface area contributed by atoms with Crippen LogP contribution < -0.4 is 5.32 Å². The molecule has 1 heterocycles. The van der Waals surface area contributed by atoms with Gasteiger partial charge in [-0.25, -0.2) is 0 Å². The molecule has 1 rings (SSSR count). The predicted octanol–water partition coefficient (Wildman–Crippen LogP) is -0.546. The summed E-state index contributed by atoms with van der Waals surface area (Å²) in [6.07, 6.45) is 1.55. The van der Waals surface area contributed by atoms with Gasteiger partial charge in [-0.3, -0.25) is 5.32 Å². The van der Waals surface area contributed by atoms with Gasteiger partial charge in [0.2, 0.25) is 0 Å². The highest BCUT2D eigenvalue weighted by molar-refractivity contribution is 4.74. The van der Waals surface area contributed by atoms with E-state index in [9.17, 15) is 0 Å².